The maximum atomic E-state index is 4.87. The van der Waals surface area contributed by atoms with Gasteiger partial charge in [-0.05, 0) is 43.3 Å². The predicted octanol–water partition coefficient (Wildman–Crippen LogP) is 4.30. The number of nitrogens with zero attached hydrogens (tertiary/aromatic N) is 4. The molecule has 23 heavy (non-hydrogen) atoms. The Balaban J connectivity index is 1.81. The smallest absolute Gasteiger partial charge is 0.141 e. The summed E-state index contributed by atoms with van der Waals surface area (Å²) in [5, 5.41) is 3.28. The maximum Gasteiger partial charge on any atom is 0.141 e. The van der Waals surface area contributed by atoms with E-state index in [-0.39, 0.29) is 0 Å². The highest BCUT2D eigenvalue weighted by Gasteiger charge is 2.30. The van der Waals surface area contributed by atoms with Crippen molar-refractivity contribution in [1.29, 1.82) is 0 Å². The number of pyridine rings is 1. The number of aryl methyl sites for hydroxylation is 2. The zero-order valence-electron chi connectivity index (χ0n) is 13.5. The van der Waals surface area contributed by atoms with Gasteiger partial charge >= 0.3 is 0 Å². The zero-order valence-corrected chi connectivity index (χ0v) is 14.3. The van der Waals surface area contributed by atoms with E-state index < -0.39 is 0 Å². The monoisotopic (exact) mass is 324 g/mol. The van der Waals surface area contributed by atoms with Crippen LogP contribution in [-0.2, 0) is 6.42 Å². The van der Waals surface area contributed by atoms with Crippen molar-refractivity contribution < 1.29 is 0 Å². The van der Waals surface area contributed by atoms with Crippen molar-refractivity contribution in [1.82, 2.24) is 15.0 Å². The molecule has 0 bridgehead atoms. The van der Waals surface area contributed by atoms with Crippen LogP contribution in [0.15, 0.2) is 29.6 Å². The number of rotatable bonds is 3. The van der Waals surface area contributed by atoms with Crippen LogP contribution >= 0.6 is 11.3 Å². The molecule has 0 saturated carbocycles. The fraction of sp³-hybridized carbons (Fsp3) is 0.389. The molecular formula is C18H20N4S. The first-order chi connectivity index (χ1) is 11.3. The van der Waals surface area contributed by atoms with Crippen molar-refractivity contribution in [2.75, 3.05) is 11.4 Å². The number of aromatic nitrogens is 3. The van der Waals surface area contributed by atoms with Crippen molar-refractivity contribution in [2.24, 2.45) is 0 Å². The van der Waals surface area contributed by atoms with Gasteiger partial charge in [-0.2, -0.15) is 0 Å². The second-order valence-corrected chi connectivity index (χ2v) is 6.91. The van der Waals surface area contributed by atoms with Gasteiger partial charge in [0.2, 0.25) is 0 Å². The maximum absolute atomic E-state index is 4.87. The largest absolute Gasteiger partial charge is 0.347 e. The van der Waals surface area contributed by atoms with Gasteiger partial charge in [0.1, 0.15) is 16.5 Å². The Labute approximate surface area is 140 Å². The third-order valence-electron chi connectivity index (χ3n) is 4.44. The molecule has 4 rings (SSSR count). The van der Waals surface area contributed by atoms with E-state index in [2.05, 4.69) is 53.4 Å². The Bertz CT molecular complexity index is 842. The van der Waals surface area contributed by atoms with E-state index in [0.29, 0.717) is 6.04 Å². The van der Waals surface area contributed by atoms with Crippen LogP contribution < -0.4 is 4.90 Å². The fourth-order valence-electron chi connectivity index (χ4n) is 3.34. The topological polar surface area (TPSA) is 41.9 Å². The van der Waals surface area contributed by atoms with E-state index in [1.807, 2.05) is 0 Å². The first-order valence-corrected chi connectivity index (χ1v) is 9.08. The lowest BCUT2D eigenvalue weighted by Crippen LogP contribution is -2.25. The summed E-state index contributed by atoms with van der Waals surface area (Å²) in [5.41, 5.74) is 2.23. The standard InChI is InChI=1S/C18H20N4S/c1-3-16-20-17(13-9-11-23-18(13)21-16)22-10-5-8-15(22)14-7-4-6-12(2)19-14/h4,6-7,9,11,15H,3,5,8,10H2,1-2H3. The Morgan fingerprint density at radius 3 is 2.96 bits per heavy atom. The highest BCUT2D eigenvalue weighted by atomic mass is 32.1. The molecule has 1 atom stereocenters. The fourth-order valence-corrected chi connectivity index (χ4v) is 4.11. The summed E-state index contributed by atoms with van der Waals surface area (Å²) in [6, 6.07) is 8.76. The molecule has 0 aromatic carbocycles. The average molecular weight is 324 g/mol. The van der Waals surface area contributed by atoms with Gasteiger partial charge in [-0.1, -0.05) is 13.0 Å². The van der Waals surface area contributed by atoms with E-state index in [9.17, 15) is 0 Å². The molecule has 118 valence electrons. The van der Waals surface area contributed by atoms with Crippen LogP contribution in [0.1, 0.15) is 43.0 Å². The lowest BCUT2D eigenvalue weighted by atomic mass is 10.1. The van der Waals surface area contributed by atoms with Crippen LogP contribution in [0.2, 0.25) is 0 Å². The van der Waals surface area contributed by atoms with E-state index in [0.717, 1.165) is 47.2 Å². The molecule has 1 aliphatic heterocycles. The number of anilines is 1. The molecule has 1 saturated heterocycles. The third-order valence-corrected chi connectivity index (χ3v) is 5.25. The molecule has 1 aliphatic rings. The molecule has 4 heterocycles. The first kappa shape index (κ1) is 14.6. The van der Waals surface area contributed by atoms with Crippen molar-refractivity contribution in [2.45, 2.75) is 39.2 Å². The first-order valence-electron chi connectivity index (χ1n) is 8.20. The predicted molar refractivity (Wildman–Crippen MR) is 95.1 cm³/mol. The summed E-state index contributed by atoms with van der Waals surface area (Å²) in [7, 11) is 0. The Morgan fingerprint density at radius 1 is 1.22 bits per heavy atom. The lowest BCUT2D eigenvalue weighted by molar-refractivity contribution is 0.684. The molecule has 1 unspecified atom stereocenters. The van der Waals surface area contributed by atoms with Gasteiger partial charge in [-0.15, -0.1) is 11.3 Å². The molecule has 0 aliphatic carbocycles. The van der Waals surface area contributed by atoms with Crippen LogP contribution in [0.4, 0.5) is 5.82 Å². The summed E-state index contributed by atoms with van der Waals surface area (Å²) in [4.78, 5) is 17.8. The minimum absolute atomic E-state index is 0.317. The Morgan fingerprint density at radius 2 is 2.13 bits per heavy atom. The van der Waals surface area contributed by atoms with Crippen molar-refractivity contribution in [3.8, 4) is 0 Å². The van der Waals surface area contributed by atoms with Gasteiger partial charge in [0.15, 0.2) is 0 Å². The van der Waals surface area contributed by atoms with Gasteiger partial charge in [0, 0.05) is 18.7 Å². The van der Waals surface area contributed by atoms with Gasteiger partial charge in [0.05, 0.1) is 17.1 Å². The molecule has 0 N–H and O–H groups in total. The van der Waals surface area contributed by atoms with Crippen molar-refractivity contribution in [3.63, 3.8) is 0 Å². The zero-order chi connectivity index (χ0) is 15.8. The Hall–Kier alpha value is -2.01. The number of hydrogen-bond acceptors (Lipinski definition) is 5. The quantitative estimate of drug-likeness (QED) is 0.720. The van der Waals surface area contributed by atoms with Crippen molar-refractivity contribution >= 4 is 27.4 Å². The van der Waals surface area contributed by atoms with Gasteiger partial charge in [0.25, 0.3) is 0 Å². The summed E-state index contributed by atoms with van der Waals surface area (Å²) in [5.74, 6) is 2.01. The molecular weight excluding hydrogens is 304 g/mol. The van der Waals surface area contributed by atoms with Gasteiger partial charge in [-0.25, -0.2) is 9.97 Å². The minimum Gasteiger partial charge on any atom is -0.347 e. The van der Waals surface area contributed by atoms with Crippen molar-refractivity contribution in [3.05, 3.63) is 46.9 Å². The summed E-state index contributed by atoms with van der Waals surface area (Å²) in [6.07, 6.45) is 3.17. The molecule has 4 nitrogen and oxygen atoms in total. The molecule has 0 radical (unpaired) electrons. The van der Waals surface area contributed by atoms with Gasteiger partial charge in [-0.3, -0.25) is 4.98 Å². The normalized spacial score (nSPS) is 18.0. The summed E-state index contributed by atoms with van der Waals surface area (Å²) < 4.78 is 0. The molecule has 0 amide bonds. The van der Waals surface area contributed by atoms with Crippen LogP contribution in [0.5, 0.6) is 0 Å². The molecule has 1 fully saturated rings. The van der Waals surface area contributed by atoms with Crippen LogP contribution in [0, 0.1) is 6.92 Å². The SMILES string of the molecule is CCc1nc(N2CCCC2c2cccc(C)n2)c2ccsc2n1. The molecule has 5 heteroatoms. The van der Waals surface area contributed by atoms with E-state index in [1.54, 1.807) is 11.3 Å². The molecule has 3 aromatic heterocycles. The highest BCUT2D eigenvalue weighted by Crippen LogP contribution is 2.38. The number of hydrogen-bond donors (Lipinski definition) is 0. The van der Waals surface area contributed by atoms with Crippen LogP contribution in [0.3, 0.4) is 0 Å². The lowest BCUT2D eigenvalue weighted by Gasteiger charge is -2.26. The highest BCUT2D eigenvalue weighted by molar-refractivity contribution is 7.16. The Kier molecular flexibility index (Phi) is 3.73. The van der Waals surface area contributed by atoms with E-state index >= 15 is 0 Å². The average Bonchev–Trinajstić information content (AvgIpc) is 3.22. The number of thiophene rings is 1. The third kappa shape index (κ3) is 2.59. The van der Waals surface area contributed by atoms with Crippen LogP contribution in [-0.4, -0.2) is 21.5 Å². The van der Waals surface area contributed by atoms with E-state index in [1.165, 1.54) is 11.8 Å². The molecule has 3 aromatic rings. The summed E-state index contributed by atoms with van der Waals surface area (Å²) in [6.45, 7) is 5.20. The minimum atomic E-state index is 0.317. The molecule has 0 spiro atoms. The van der Waals surface area contributed by atoms with E-state index in [4.69, 9.17) is 9.97 Å². The van der Waals surface area contributed by atoms with Gasteiger partial charge < -0.3 is 4.90 Å². The summed E-state index contributed by atoms with van der Waals surface area (Å²) >= 11 is 1.70. The second kappa shape index (κ2) is 5.89. The van der Waals surface area contributed by atoms with Crippen LogP contribution in [0.25, 0.3) is 10.2 Å². The second-order valence-electron chi connectivity index (χ2n) is 6.01. The number of fused-ring (bicyclic) bond motifs is 1.